The van der Waals surface area contributed by atoms with E-state index in [-0.39, 0.29) is 5.60 Å². The van der Waals surface area contributed by atoms with Gasteiger partial charge in [-0.1, -0.05) is 43.2 Å². The van der Waals surface area contributed by atoms with Crippen molar-refractivity contribution < 1.29 is 8.85 Å². The summed E-state index contributed by atoms with van der Waals surface area (Å²) < 4.78 is 12.0. The highest BCUT2D eigenvalue weighted by Crippen LogP contribution is 2.40. The Balaban J connectivity index is 0.000000203. The molecule has 2 saturated heterocycles. The molecule has 130 valence electrons. The molecule has 0 radical (unpaired) electrons. The van der Waals surface area contributed by atoms with Crippen molar-refractivity contribution in [1.82, 2.24) is 0 Å². The van der Waals surface area contributed by atoms with Gasteiger partial charge in [0.05, 0.1) is 5.60 Å². The Hall–Kier alpha value is -0.426. The second-order valence-electron chi connectivity index (χ2n) is 8.38. The Morgan fingerprint density at radius 3 is 2.00 bits per heavy atom. The lowest BCUT2D eigenvalue weighted by atomic mass is 9.91. The van der Waals surface area contributed by atoms with Crippen LogP contribution in [0.2, 0.25) is 38.3 Å². The highest BCUT2D eigenvalue weighted by Gasteiger charge is 2.39. The largest absolute Gasteiger partial charge is 0.417 e. The molecule has 0 amide bonds. The Labute approximate surface area is 144 Å². The van der Waals surface area contributed by atoms with E-state index in [4.69, 9.17) is 8.85 Å². The van der Waals surface area contributed by atoms with E-state index < -0.39 is 16.6 Å². The summed E-state index contributed by atoms with van der Waals surface area (Å²) in [7, 11) is -2.50. The van der Waals surface area contributed by atoms with E-state index >= 15 is 0 Å². The van der Waals surface area contributed by atoms with Gasteiger partial charge in [0.1, 0.15) is 0 Å². The van der Waals surface area contributed by atoms with Crippen molar-refractivity contribution in [2.45, 2.75) is 76.5 Å². The fourth-order valence-corrected chi connectivity index (χ4v) is 8.14. The van der Waals surface area contributed by atoms with E-state index in [1.54, 1.807) is 0 Å². The average molecular weight is 351 g/mol. The number of benzene rings is 1. The summed E-state index contributed by atoms with van der Waals surface area (Å²) in [5, 5.41) is 0. The lowest BCUT2D eigenvalue weighted by Gasteiger charge is -2.43. The predicted molar refractivity (Wildman–Crippen MR) is 104 cm³/mol. The Morgan fingerprint density at radius 1 is 0.870 bits per heavy atom. The first kappa shape index (κ1) is 18.9. The minimum atomic E-state index is -1.41. The molecule has 2 aliphatic rings. The van der Waals surface area contributed by atoms with E-state index in [0.29, 0.717) is 0 Å². The zero-order chi connectivity index (χ0) is 17.0. The van der Waals surface area contributed by atoms with Gasteiger partial charge in [-0.15, -0.1) is 0 Å². The van der Waals surface area contributed by atoms with Crippen LogP contribution in [0.3, 0.4) is 0 Å². The van der Waals surface area contributed by atoms with Crippen LogP contribution in [0.15, 0.2) is 30.3 Å². The van der Waals surface area contributed by atoms with E-state index in [0.717, 1.165) is 13.0 Å². The summed E-state index contributed by atoms with van der Waals surface area (Å²) in [6, 6.07) is 13.3. The normalized spacial score (nSPS) is 29.3. The molecular weight excluding hydrogens is 316 g/mol. The Morgan fingerprint density at radius 2 is 1.52 bits per heavy atom. The molecule has 0 aromatic heterocycles. The van der Waals surface area contributed by atoms with Crippen LogP contribution in [0.1, 0.15) is 38.2 Å². The van der Waals surface area contributed by atoms with Crippen molar-refractivity contribution in [2.24, 2.45) is 0 Å². The fourth-order valence-electron chi connectivity index (χ4n) is 3.63. The van der Waals surface area contributed by atoms with Crippen molar-refractivity contribution in [3.8, 4) is 0 Å². The lowest BCUT2D eigenvalue weighted by Crippen LogP contribution is -2.44. The predicted octanol–water partition coefficient (Wildman–Crippen LogP) is 5.92. The molecule has 0 bridgehead atoms. The molecule has 23 heavy (non-hydrogen) atoms. The second-order valence-corrected chi connectivity index (χ2v) is 16.9. The van der Waals surface area contributed by atoms with Crippen LogP contribution in [-0.4, -0.2) is 23.2 Å². The van der Waals surface area contributed by atoms with Gasteiger partial charge in [0, 0.05) is 6.61 Å². The van der Waals surface area contributed by atoms with Gasteiger partial charge in [0.2, 0.25) is 0 Å². The van der Waals surface area contributed by atoms with Gasteiger partial charge in [-0.3, -0.25) is 0 Å². The lowest BCUT2D eigenvalue weighted by molar-refractivity contribution is 0.0501. The molecule has 0 N–H and O–H groups in total. The second kappa shape index (κ2) is 7.64. The smallest absolute Gasteiger partial charge is 0.187 e. The zero-order valence-corrected chi connectivity index (χ0v) is 17.7. The molecule has 2 aliphatic heterocycles. The molecule has 0 saturated carbocycles. The standard InChI is InChI=1S/C13H20OSi.C6H14OSi/c1-13(12-8-5-4-6-9-12)10-7-11-15(2,3)14-13;1-8(2)6-4-3-5-7-8/h4-6,8-9H,7,10-11H2,1-3H3;3-6H2,1-2H3. The van der Waals surface area contributed by atoms with Gasteiger partial charge in [-0.2, -0.15) is 0 Å². The minimum absolute atomic E-state index is 0.0325. The van der Waals surface area contributed by atoms with Crippen LogP contribution in [0.5, 0.6) is 0 Å². The van der Waals surface area contributed by atoms with Crippen LogP contribution >= 0.6 is 0 Å². The molecule has 2 heterocycles. The zero-order valence-electron chi connectivity index (χ0n) is 15.7. The van der Waals surface area contributed by atoms with Crippen molar-refractivity contribution in [3.63, 3.8) is 0 Å². The van der Waals surface area contributed by atoms with Crippen molar-refractivity contribution in [1.29, 1.82) is 0 Å². The fraction of sp³-hybridized carbons (Fsp3) is 0.684. The number of rotatable bonds is 1. The maximum absolute atomic E-state index is 6.39. The Kier molecular flexibility index (Phi) is 6.28. The number of hydrogen-bond acceptors (Lipinski definition) is 2. The molecular formula is C19H34O2Si2. The molecule has 0 aliphatic carbocycles. The first-order valence-corrected chi connectivity index (χ1v) is 15.4. The van der Waals surface area contributed by atoms with Crippen LogP contribution in [0, 0.1) is 0 Å². The summed E-state index contributed by atoms with van der Waals surface area (Å²) in [4.78, 5) is 0. The highest BCUT2D eigenvalue weighted by molar-refractivity contribution is 6.71. The first-order chi connectivity index (χ1) is 10.7. The van der Waals surface area contributed by atoms with E-state index in [9.17, 15) is 0 Å². The molecule has 1 aromatic carbocycles. The van der Waals surface area contributed by atoms with Gasteiger partial charge in [-0.05, 0) is 63.6 Å². The third-order valence-corrected chi connectivity index (χ3v) is 10.1. The monoisotopic (exact) mass is 350 g/mol. The Bertz CT molecular complexity index is 479. The van der Waals surface area contributed by atoms with Gasteiger partial charge in [0.25, 0.3) is 0 Å². The third kappa shape index (κ3) is 5.85. The summed E-state index contributed by atoms with van der Waals surface area (Å²) in [6.07, 6.45) is 5.16. The van der Waals surface area contributed by atoms with Crippen molar-refractivity contribution in [3.05, 3.63) is 35.9 Å². The van der Waals surface area contributed by atoms with Crippen LogP contribution in [0.4, 0.5) is 0 Å². The molecule has 0 spiro atoms. The van der Waals surface area contributed by atoms with Gasteiger partial charge in [0.15, 0.2) is 16.6 Å². The van der Waals surface area contributed by atoms with Gasteiger partial charge >= 0.3 is 0 Å². The third-order valence-electron chi connectivity index (χ3n) is 4.98. The van der Waals surface area contributed by atoms with Crippen molar-refractivity contribution >= 4 is 16.6 Å². The molecule has 1 unspecified atom stereocenters. The molecule has 1 aromatic rings. The van der Waals surface area contributed by atoms with E-state index in [1.807, 2.05) is 0 Å². The quantitative estimate of drug-likeness (QED) is 0.585. The van der Waals surface area contributed by atoms with Gasteiger partial charge < -0.3 is 8.85 Å². The van der Waals surface area contributed by atoms with Gasteiger partial charge in [-0.25, -0.2) is 0 Å². The van der Waals surface area contributed by atoms with Crippen LogP contribution < -0.4 is 0 Å². The molecule has 1 atom stereocenters. The van der Waals surface area contributed by atoms with E-state index in [1.165, 1.54) is 36.9 Å². The average Bonchev–Trinajstić information content (AvgIpc) is 2.47. The van der Waals surface area contributed by atoms with E-state index in [2.05, 4.69) is 63.4 Å². The summed E-state index contributed by atoms with van der Waals surface area (Å²) in [5.41, 5.74) is 1.31. The molecule has 3 rings (SSSR count). The molecule has 2 fully saturated rings. The molecule has 2 nitrogen and oxygen atoms in total. The summed E-state index contributed by atoms with van der Waals surface area (Å²) in [5.74, 6) is 0. The maximum atomic E-state index is 6.39. The highest BCUT2D eigenvalue weighted by atomic mass is 28.4. The first-order valence-electron chi connectivity index (χ1n) is 9.12. The maximum Gasteiger partial charge on any atom is 0.187 e. The SMILES string of the molecule is CC1(c2ccccc2)CCC[Si](C)(C)O1.C[Si]1(C)CCCCO1. The summed E-state index contributed by atoms with van der Waals surface area (Å²) in [6.45, 7) is 12.5. The minimum Gasteiger partial charge on any atom is -0.417 e. The van der Waals surface area contributed by atoms with Crippen molar-refractivity contribution in [2.75, 3.05) is 6.61 Å². The molecule has 4 heteroatoms. The number of hydrogen-bond donors (Lipinski definition) is 0. The van der Waals surface area contributed by atoms with Crippen LogP contribution in [-0.2, 0) is 14.5 Å². The topological polar surface area (TPSA) is 18.5 Å². The summed E-state index contributed by atoms with van der Waals surface area (Å²) >= 11 is 0. The van der Waals surface area contributed by atoms with Crippen LogP contribution in [0.25, 0.3) is 0 Å².